The molecule has 2 aromatic carbocycles. The highest BCUT2D eigenvalue weighted by Gasteiger charge is 2.21. The van der Waals surface area contributed by atoms with Gasteiger partial charge in [0.2, 0.25) is 0 Å². The Balaban J connectivity index is 1.76. The summed E-state index contributed by atoms with van der Waals surface area (Å²) < 4.78 is 7.39. The van der Waals surface area contributed by atoms with Crippen LogP contribution in [0.2, 0.25) is 5.02 Å². The maximum Gasteiger partial charge on any atom is 0.273 e. The van der Waals surface area contributed by atoms with Crippen molar-refractivity contribution in [2.24, 2.45) is 0 Å². The van der Waals surface area contributed by atoms with Crippen LogP contribution in [0.15, 0.2) is 48.7 Å². The smallest absolute Gasteiger partial charge is 0.273 e. The molecule has 3 aromatic rings. The first kappa shape index (κ1) is 22.4. The van der Waals surface area contributed by atoms with Crippen molar-refractivity contribution < 1.29 is 14.3 Å². The highest BCUT2D eigenvalue weighted by molar-refractivity contribution is 6.32. The van der Waals surface area contributed by atoms with Gasteiger partial charge in [0.25, 0.3) is 11.8 Å². The molecule has 8 heteroatoms. The molecule has 2 amide bonds. The van der Waals surface area contributed by atoms with Crippen LogP contribution in [0.5, 0.6) is 5.75 Å². The van der Waals surface area contributed by atoms with Crippen molar-refractivity contribution in [3.8, 4) is 5.75 Å². The molecule has 1 heterocycles. The zero-order chi connectivity index (χ0) is 22.5. The van der Waals surface area contributed by atoms with E-state index < -0.39 is 0 Å². The monoisotopic (exact) mass is 440 g/mol. The largest absolute Gasteiger partial charge is 0.487 e. The molecule has 0 unspecified atom stereocenters. The van der Waals surface area contributed by atoms with Gasteiger partial charge in [0.15, 0.2) is 0 Å². The summed E-state index contributed by atoms with van der Waals surface area (Å²) in [6.07, 6.45) is 1.49. The number of anilines is 1. The summed E-state index contributed by atoms with van der Waals surface area (Å²) in [5, 5.41) is 7.54. The molecular weight excluding hydrogens is 416 g/mol. The Bertz CT molecular complexity index is 1110. The molecule has 31 heavy (non-hydrogen) atoms. The third-order valence-corrected chi connectivity index (χ3v) is 4.98. The number of carbonyl (C=O) groups excluding carboxylic acids is 2. The summed E-state index contributed by atoms with van der Waals surface area (Å²) in [4.78, 5) is 26.8. The summed E-state index contributed by atoms with van der Waals surface area (Å²) >= 11 is 6.18. The fourth-order valence-electron chi connectivity index (χ4n) is 3.03. The first-order chi connectivity index (χ1) is 14.8. The lowest BCUT2D eigenvalue weighted by molar-refractivity contribution is 0.0816. The van der Waals surface area contributed by atoms with Crippen LogP contribution in [0.1, 0.15) is 38.9 Å². The van der Waals surface area contributed by atoms with Gasteiger partial charge in [-0.1, -0.05) is 29.8 Å². The molecule has 0 aliphatic carbocycles. The SMILES string of the molecule is CCn1ncc(NC(=O)c2cccc(COc3cc(C)ccc3Cl)c2)c1C(=O)N(C)C. The maximum atomic E-state index is 12.8. The molecule has 0 fully saturated rings. The standard InChI is InChI=1S/C23H25ClN4O3/c1-5-28-21(23(30)27(3)4)19(13-25-28)26-22(29)17-8-6-7-16(12-17)14-31-20-11-15(2)9-10-18(20)24/h6-13H,5,14H2,1-4H3,(H,26,29). The van der Waals surface area contributed by atoms with E-state index >= 15 is 0 Å². The number of carbonyl (C=O) groups is 2. The first-order valence-electron chi connectivity index (χ1n) is 9.86. The predicted molar refractivity (Wildman–Crippen MR) is 121 cm³/mol. The van der Waals surface area contributed by atoms with Gasteiger partial charge in [-0.25, -0.2) is 0 Å². The van der Waals surface area contributed by atoms with E-state index in [0.29, 0.717) is 34.3 Å². The normalized spacial score (nSPS) is 10.6. The third kappa shape index (κ3) is 5.24. The number of benzene rings is 2. The molecule has 0 spiro atoms. The predicted octanol–water partition coefficient (Wildman–Crippen LogP) is 4.40. The second kappa shape index (κ2) is 9.66. The van der Waals surface area contributed by atoms with E-state index in [4.69, 9.17) is 16.3 Å². The molecule has 1 aromatic heterocycles. The average Bonchev–Trinajstić information content (AvgIpc) is 3.16. The summed E-state index contributed by atoms with van der Waals surface area (Å²) in [5.74, 6) is 0.0288. The van der Waals surface area contributed by atoms with Crippen LogP contribution in [0.4, 0.5) is 5.69 Å². The second-order valence-electron chi connectivity index (χ2n) is 7.30. The van der Waals surface area contributed by atoms with Crippen molar-refractivity contribution in [3.05, 3.63) is 76.1 Å². The Morgan fingerprint density at radius 3 is 2.68 bits per heavy atom. The quantitative estimate of drug-likeness (QED) is 0.590. The summed E-state index contributed by atoms with van der Waals surface area (Å²) in [6, 6.07) is 12.7. The van der Waals surface area contributed by atoms with Crippen LogP contribution in [-0.2, 0) is 13.2 Å². The Labute approximate surface area is 186 Å². The molecule has 0 radical (unpaired) electrons. The number of hydrogen-bond donors (Lipinski definition) is 1. The van der Waals surface area contributed by atoms with Crippen molar-refractivity contribution in [2.45, 2.75) is 27.0 Å². The number of aryl methyl sites for hydroxylation is 2. The Morgan fingerprint density at radius 1 is 1.19 bits per heavy atom. The lowest BCUT2D eigenvalue weighted by atomic mass is 10.1. The van der Waals surface area contributed by atoms with E-state index in [2.05, 4.69) is 10.4 Å². The lowest BCUT2D eigenvalue weighted by Crippen LogP contribution is -2.26. The van der Waals surface area contributed by atoms with Gasteiger partial charge in [-0.05, 0) is 49.2 Å². The van der Waals surface area contributed by atoms with E-state index in [1.165, 1.54) is 11.1 Å². The minimum atomic E-state index is -0.334. The molecule has 0 saturated heterocycles. The van der Waals surface area contributed by atoms with Gasteiger partial charge in [-0.3, -0.25) is 14.3 Å². The Morgan fingerprint density at radius 2 is 1.97 bits per heavy atom. The number of rotatable bonds is 7. The van der Waals surface area contributed by atoms with Gasteiger partial charge in [0.1, 0.15) is 18.1 Å². The number of amides is 2. The van der Waals surface area contributed by atoms with Crippen molar-refractivity contribution >= 4 is 29.1 Å². The average molecular weight is 441 g/mol. The summed E-state index contributed by atoms with van der Waals surface area (Å²) in [7, 11) is 3.32. The van der Waals surface area contributed by atoms with Crippen LogP contribution < -0.4 is 10.1 Å². The van der Waals surface area contributed by atoms with Crippen LogP contribution >= 0.6 is 11.6 Å². The molecule has 1 N–H and O–H groups in total. The van der Waals surface area contributed by atoms with Gasteiger partial charge in [0, 0.05) is 26.2 Å². The Kier molecular flexibility index (Phi) is 6.97. The fraction of sp³-hybridized carbons (Fsp3) is 0.261. The van der Waals surface area contributed by atoms with Crippen molar-refractivity contribution in [1.82, 2.24) is 14.7 Å². The highest BCUT2D eigenvalue weighted by Crippen LogP contribution is 2.26. The Hall–Kier alpha value is -3.32. The van der Waals surface area contributed by atoms with Crippen molar-refractivity contribution in [1.29, 1.82) is 0 Å². The van der Waals surface area contributed by atoms with Crippen LogP contribution in [0.3, 0.4) is 0 Å². The van der Waals surface area contributed by atoms with Crippen LogP contribution in [-0.4, -0.2) is 40.6 Å². The molecule has 3 rings (SSSR count). The van der Waals surface area contributed by atoms with E-state index in [9.17, 15) is 9.59 Å². The van der Waals surface area contributed by atoms with E-state index in [0.717, 1.165) is 11.1 Å². The zero-order valence-electron chi connectivity index (χ0n) is 18.0. The molecular formula is C23H25ClN4O3. The molecule has 0 aliphatic rings. The van der Waals surface area contributed by atoms with Crippen LogP contribution in [0, 0.1) is 6.92 Å². The molecule has 0 atom stereocenters. The summed E-state index contributed by atoms with van der Waals surface area (Å²) in [6.45, 7) is 4.63. The fourth-order valence-corrected chi connectivity index (χ4v) is 3.21. The maximum absolute atomic E-state index is 12.8. The molecule has 0 saturated carbocycles. The van der Waals surface area contributed by atoms with Gasteiger partial charge >= 0.3 is 0 Å². The first-order valence-corrected chi connectivity index (χ1v) is 10.2. The second-order valence-corrected chi connectivity index (χ2v) is 7.71. The minimum absolute atomic E-state index is 0.230. The zero-order valence-corrected chi connectivity index (χ0v) is 18.7. The molecule has 162 valence electrons. The number of halogens is 1. The van der Waals surface area contributed by atoms with Crippen molar-refractivity contribution in [3.63, 3.8) is 0 Å². The van der Waals surface area contributed by atoms with E-state index in [1.807, 2.05) is 32.0 Å². The molecule has 7 nitrogen and oxygen atoms in total. The third-order valence-electron chi connectivity index (χ3n) is 4.67. The highest BCUT2D eigenvalue weighted by atomic mass is 35.5. The summed E-state index contributed by atoms with van der Waals surface area (Å²) in [5.41, 5.74) is 3.03. The van der Waals surface area contributed by atoms with Gasteiger partial charge < -0.3 is 15.0 Å². The molecule has 0 aliphatic heterocycles. The topological polar surface area (TPSA) is 76.5 Å². The number of nitrogens with one attached hydrogen (secondary N) is 1. The number of ether oxygens (including phenoxy) is 1. The van der Waals surface area contributed by atoms with Gasteiger partial charge in [0.05, 0.1) is 16.9 Å². The minimum Gasteiger partial charge on any atom is -0.487 e. The number of aromatic nitrogens is 2. The van der Waals surface area contributed by atoms with Crippen molar-refractivity contribution in [2.75, 3.05) is 19.4 Å². The van der Waals surface area contributed by atoms with Crippen LogP contribution in [0.25, 0.3) is 0 Å². The number of hydrogen-bond acceptors (Lipinski definition) is 4. The van der Waals surface area contributed by atoms with Gasteiger partial charge in [-0.15, -0.1) is 0 Å². The lowest BCUT2D eigenvalue weighted by Gasteiger charge is -2.14. The van der Waals surface area contributed by atoms with E-state index in [1.54, 1.807) is 43.0 Å². The number of nitrogens with zero attached hydrogens (tertiary/aromatic N) is 3. The molecule has 0 bridgehead atoms. The van der Waals surface area contributed by atoms with Gasteiger partial charge in [-0.2, -0.15) is 5.10 Å². The van der Waals surface area contributed by atoms with E-state index in [-0.39, 0.29) is 18.4 Å².